The van der Waals surface area contributed by atoms with Gasteiger partial charge in [-0.1, -0.05) is 12.1 Å². The topological polar surface area (TPSA) is 106 Å². The molecule has 172 valence electrons. The predicted octanol–water partition coefficient (Wildman–Crippen LogP) is 4.58. The minimum Gasteiger partial charge on any atom is -0.493 e. The van der Waals surface area contributed by atoms with E-state index in [1.807, 2.05) is 43.8 Å². The molecule has 0 fully saturated rings. The van der Waals surface area contributed by atoms with Crippen molar-refractivity contribution in [2.24, 2.45) is 7.05 Å². The largest absolute Gasteiger partial charge is 0.493 e. The number of fused-ring (bicyclic) bond motifs is 3. The fourth-order valence-electron chi connectivity index (χ4n) is 4.69. The van der Waals surface area contributed by atoms with E-state index < -0.39 is 0 Å². The summed E-state index contributed by atoms with van der Waals surface area (Å²) < 4.78 is 7.66. The van der Waals surface area contributed by atoms with E-state index in [-0.39, 0.29) is 0 Å². The number of rotatable bonds is 3. The van der Waals surface area contributed by atoms with E-state index in [0.29, 0.717) is 0 Å². The van der Waals surface area contributed by atoms with Crippen LogP contribution < -0.4 is 15.4 Å². The maximum absolute atomic E-state index is 5.89. The zero-order valence-electron chi connectivity index (χ0n) is 19.0. The molecule has 3 N–H and O–H groups in total. The monoisotopic (exact) mass is 462 g/mol. The van der Waals surface area contributed by atoms with Gasteiger partial charge in [0.25, 0.3) is 0 Å². The van der Waals surface area contributed by atoms with E-state index >= 15 is 0 Å². The molecule has 2 aliphatic rings. The number of ether oxygens (including phenoxy) is 1. The predicted molar refractivity (Wildman–Crippen MR) is 135 cm³/mol. The Morgan fingerprint density at radius 1 is 1.09 bits per heavy atom. The van der Waals surface area contributed by atoms with E-state index in [4.69, 9.17) is 9.72 Å². The molecule has 0 bridgehead atoms. The van der Waals surface area contributed by atoms with E-state index in [1.165, 1.54) is 5.56 Å². The average molecular weight is 463 g/mol. The lowest BCUT2D eigenvalue weighted by atomic mass is 9.99. The molecular formula is C26H22N8O. The second-order valence-electron chi connectivity index (χ2n) is 8.75. The standard InChI is InChI=1S/C26H22N8O/c1-34-14-17(12-29-34)19-6-7-20-24(30-19)25(33-32-20)21-13-28-23-18(8-9-27-26(23)31-21)16-5-4-15-3-2-10-35-22(15)11-16/h4-9,11-14,28H,2-3,10H2,1H3,(H,27,31)(H,32,33). The van der Waals surface area contributed by atoms with Gasteiger partial charge in [0.05, 0.1) is 35.4 Å². The van der Waals surface area contributed by atoms with Crippen molar-refractivity contribution in [3.8, 4) is 28.1 Å². The molecule has 6 heterocycles. The minimum atomic E-state index is 0.721. The highest BCUT2D eigenvalue weighted by atomic mass is 16.5. The van der Waals surface area contributed by atoms with Crippen molar-refractivity contribution in [1.82, 2.24) is 29.9 Å². The van der Waals surface area contributed by atoms with Crippen molar-refractivity contribution in [3.63, 3.8) is 0 Å². The van der Waals surface area contributed by atoms with Crippen molar-refractivity contribution in [1.29, 1.82) is 0 Å². The van der Waals surface area contributed by atoms with Crippen LogP contribution in [0.4, 0.5) is 11.5 Å². The van der Waals surface area contributed by atoms with Crippen molar-refractivity contribution < 1.29 is 4.74 Å². The summed E-state index contributed by atoms with van der Waals surface area (Å²) in [7, 11) is 1.89. The fraction of sp³-hybridized carbons (Fsp3) is 0.154. The number of hydrogen-bond donors (Lipinski definition) is 3. The summed E-state index contributed by atoms with van der Waals surface area (Å²) in [4.78, 5) is 9.45. The molecule has 0 radical (unpaired) electrons. The number of aromatic nitrogens is 6. The molecule has 0 amide bonds. The first-order valence-electron chi connectivity index (χ1n) is 11.6. The number of benzene rings is 1. The molecule has 0 unspecified atom stereocenters. The second-order valence-corrected chi connectivity index (χ2v) is 8.75. The lowest BCUT2D eigenvalue weighted by molar-refractivity contribution is 0.288. The van der Waals surface area contributed by atoms with E-state index in [9.17, 15) is 0 Å². The Morgan fingerprint density at radius 2 is 2.06 bits per heavy atom. The van der Waals surface area contributed by atoms with Gasteiger partial charge in [0.1, 0.15) is 17.0 Å². The van der Waals surface area contributed by atoms with Gasteiger partial charge >= 0.3 is 0 Å². The van der Waals surface area contributed by atoms with Crippen LogP contribution in [0.3, 0.4) is 0 Å². The Bertz CT molecular complexity index is 1630. The summed E-state index contributed by atoms with van der Waals surface area (Å²) in [6.45, 7) is 0.769. The number of aromatic amines is 1. The highest BCUT2D eigenvalue weighted by Crippen LogP contribution is 2.39. The third kappa shape index (κ3) is 3.31. The highest BCUT2D eigenvalue weighted by Gasteiger charge is 2.22. The summed E-state index contributed by atoms with van der Waals surface area (Å²) in [5.74, 6) is 1.70. The number of H-pyrrole nitrogens is 1. The number of nitrogens with zero attached hydrogens (tertiary/aromatic N) is 5. The molecule has 4 aromatic heterocycles. The number of pyridine rings is 2. The number of anilines is 2. The number of hydrogen-bond acceptors (Lipinski definition) is 7. The van der Waals surface area contributed by atoms with Gasteiger partial charge in [0.15, 0.2) is 5.82 Å². The molecule has 0 aliphatic carbocycles. The van der Waals surface area contributed by atoms with Crippen LogP contribution in [0.1, 0.15) is 17.7 Å². The van der Waals surface area contributed by atoms with Crippen LogP contribution >= 0.6 is 0 Å². The van der Waals surface area contributed by atoms with Crippen LogP contribution in [-0.4, -0.2) is 36.6 Å². The molecule has 35 heavy (non-hydrogen) atoms. The number of nitrogens with one attached hydrogen (secondary N) is 3. The summed E-state index contributed by atoms with van der Waals surface area (Å²) in [6, 6.07) is 12.4. The molecule has 0 spiro atoms. The maximum Gasteiger partial charge on any atom is 0.154 e. The van der Waals surface area contributed by atoms with Gasteiger partial charge in [-0.2, -0.15) is 10.2 Å². The summed E-state index contributed by atoms with van der Waals surface area (Å²) in [5.41, 5.74) is 9.26. The van der Waals surface area contributed by atoms with Crippen molar-refractivity contribution in [2.75, 3.05) is 17.2 Å². The summed E-state index contributed by atoms with van der Waals surface area (Å²) >= 11 is 0. The van der Waals surface area contributed by atoms with Crippen molar-refractivity contribution in [2.45, 2.75) is 12.8 Å². The van der Waals surface area contributed by atoms with Crippen molar-refractivity contribution in [3.05, 3.63) is 72.4 Å². The zero-order valence-corrected chi connectivity index (χ0v) is 19.0. The van der Waals surface area contributed by atoms with Crippen LogP contribution in [0.2, 0.25) is 0 Å². The number of aryl methyl sites for hydroxylation is 2. The van der Waals surface area contributed by atoms with Crippen molar-refractivity contribution >= 4 is 28.2 Å². The Kier molecular flexibility index (Phi) is 4.35. The molecule has 7 rings (SSSR count). The lowest BCUT2D eigenvalue weighted by Crippen LogP contribution is -2.12. The lowest BCUT2D eigenvalue weighted by Gasteiger charge is -2.22. The van der Waals surface area contributed by atoms with Gasteiger partial charge in [-0.15, -0.1) is 0 Å². The van der Waals surface area contributed by atoms with Gasteiger partial charge in [0.2, 0.25) is 0 Å². The quantitative estimate of drug-likeness (QED) is 0.360. The molecule has 0 saturated carbocycles. The van der Waals surface area contributed by atoms with Gasteiger partial charge in [-0.05, 0) is 48.2 Å². The molecule has 9 heteroatoms. The normalized spacial score (nSPS) is 14.4. The summed E-state index contributed by atoms with van der Waals surface area (Å²) in [6.07, 6.45) is 9.60. The SMILES string of the molecule is Cn1cc(-c2ccc3[nH]nc(C4=CNc5c(-c6ccc7c(c6)OCCC7)ccnc5N4)c3n2)cn1. The van der Waals surface area contributed by atoms with Crippen LogP contribution in [0.5, 0.6) is 5.75 Å². The molecular weight excluding hydrogens is 440 g/mol. The smallest absolute Gasteiger partial charge is 0.154 e. The minimum absolute atomic E-state index is 0.721. The van der Waals surface area contributed by atoms with E-state index in [1.54, 1.807) is 10.9 Å². The maximum atomic E-state index is 5.89. The third-order valence-electron chi connectivity index (χ3n) is 6.45. The van der Waals surface area contributed by atoms with Gasteiger partial charge in [0, 0.05) is 36.8 Å². The van der Waals surface area contributed by atoms with Gasteiger partial charge < -0.3 is 15.4 Å². The van der Waals surface area contributed by atoms with Crippen LogP contribution in [-0.2, 0) is 13.5 Å². The third-order valence-corrected chi connectivity index (χ3v) is 6.45. The zero-order chi connectivity index (χ0) is 23.4. The molecule has 0 saturated heterocycles. The molecule has 1 aromatic carbocycles. The average Bonchev–Trinajstić information content (AvgIpc) is 3.53. The molecule has 2 aliphatic heterocycles. The Morgan fingerprint density at radius 3 is 2.97 bits per heavy atom. The van der Waals surface area contributed by atoms with E-state index in [2.05, 4.69) is 49.1 Å². The van der Waals surface area contributed by atoms with Gasteiger partial charge in [-0.3, -0.25) is 9.78 Å². The first kappa shape index (κ1) is 19.8. The highest BCUT2D eigenvalue weighted by molar-refractivity contribution is 5.98. The Labute approximate surface area is 200 Å². The fourth-order valence-corrected chi connectivity index (χ4v) is 4.69. The van der Waals surface area contributed by atoms with E-state index in [0.717, 1.165) is 81.5 Å². The molecule has 0 atom stereocenters. The summed E-state index contributed by atoms with van der Waals surface area (Å²) in [5, 5.41) is 18.8. The van der Waals surface area contributed by atoms with Crippen LogP contribution in [0, 0.1) is 0 Å². The Hall–Kier alpha value is -4.66. The molecule has 9 nitrogen and oxygen atoms in total. The van der Waals surface area contributed by atoms with Crippen LogP contribution in [0.15, 0.2) is 61.2 Å². The second kappa shape index (κ2) is 7.69. The molecule has 5 aromatic rings. The Balaban J connectivity index is 1.25. The first-order valence-corrected chi connectivity index (χ1v) is 11.6. The van der Waals surface area contributed by atoms with Gasteiger partial charge in [-0.25, -0.2) is 9.97 Å². The first-order chi connectivity index (χ1) is 17.2. The van der Waals surface area contributed by atoms with Crippen LogP contribution in [0.25, 0.3) is 39.1 Å².